The number of benzene rings is 5. The van der Waals surface area contributed by atoms with Crippen LogP contribution in [0.1, 0.15) is 17.1 Å². The Kier molecular flexibility index (Phi) is 26.4. The summed E-state index contributed by atoms with van der Waals surface area (Å²) in [5.74, 6) is 4.33. The summed E-state index contributed by atoms with van der Waals surface area (Å²) in [5.41, 5.74) is 18.2. The van der Waals surface area contributed by atoms with E-state index < -0.39 is 0 Å². The van der Waals surface area contributed by atoms with Gasteiger partial charge in [0.25, 0.3) is 0 Å². The minimum Gasteiger partial charge on any atom is -0.650 e. The summed E-state index contributed by atoms with van der Waals surface area (Å²) < 4.78 is 21.6. The Morgan fingerprint density at radius 3 is 1.18 bits per heavy atom. The van der Waals surface area contributed by atoms with Crippen LogP contribution in [0, 0.1) is 20.8 Å². The van der Waals surface area contributed by atoms with E-state index in [2.05, 4.69) is 43.6 Å². The van der Waals surface area contributed by atoms with Crippen LogP contribution in [0.4, 0.5) is 5.82 Å². The second-order valence-corrected chi connectivity index (χ2v) is 19.8. The first-order valence-corrected chi connectivity index (χ1v) is 30.0. The van der Waals surface area contributed by atoms with Gasteiger partial charge in [-0.2, -0.15) is 0 Å². The maximum absolute atomic E-state index is 9.61. The van der Waals surface area contributed by atoms with E-state index >= 15 is 0 Å². The van der Waals surface area contributed by atoms with Crippen LogP contribution in [0.3, 0.4) is 0 Å². The normalized spacial score (nSPS) is 10.0. The molecule has 5 heterocycles. The van der Waals surface area contributed by atoms with Gasteiger partial charge in [0.05, 0.1) is 38.1 Å². The number of nitrogens with zero attached hydrogens (tertiary/aromatic N) is 5. The number of pyridine rings is 5. The molecule has 5 aromatic carbocycles. The van der Waals surface area contributed by atoms with Gasteiger partial charge in [-0.15, -0.1) is 0 Å². The van der Waals surface area contributed by atoms with E-state index in [-0.39, 0.29) is 41.1 Å². The molecule has 0 saturated heterocycles. The van der Waals surface area contributed by atoms with Crippen molar-refractivity contribution in [3.05, 3.63) is 229 Å². The Hall–Kier alpha value is -5.69. The van der Waals surface area contributed by atoms with Crippen LogP contribution in [0.5, 0.6) is 28.7 Å². The Morgan fingerprint density at radius 2 is 0.776 bits per heavy atom. The van der Waals surface area contributed by atoms with Gasteiger partial charge >= 0.3 is 238 Å². The van der Waals surface area contributed by atoms with Crippen molar-refractivity contribution in [1.82, 2.24) is 24.9 Å². The van der Waals surface area contributed by atoms with Crippen molar-refractivity contribution in [3.8, 4) is 85.0 Å². The smallest absolute Gasteiger partial charge is 0.494 e. The third-order valence-electron chi connectivity index (χ3n) is 11.1. The summed E-state index contributed by atoms with van der Waals surface area (Å²) >= 11 is 4.21. The van der Waals surface area contributed by atoms with Crippen molar-refractivity contribution in [2.24, 2.45) is 0 Å². The molecule has 10 rings (SSSR count). The molecule has 0 spiro atoms. The summed E-state index contributed by atoms with van der Waals surface area (Å²) in [6.07, 6.45) is 0. The predicted molar refractivity (Wildman–Crippen MR) is 314 cm³/mol. The number of rotatable bonds is 10. The number of phenols is 1. The van der Waals surface area contributed by atoms with Gasteiger partial charge in [0.15, 0.2) is 0 Å². The van der Waals surface area contributed by atoms with Crippen LogP contribution in [0.2, 0.25) is 6.55 Å². The zero-order valence-corrected chi connectivity index (χ0v) is 56.3. The Morgan fingerprint density at radius 1 is 0.434 bits per heavy atom. The van der Waals surface area contributed by atoms with Gasteiger partial charge < -0.3 is 18.4 Å². The summed E-state index contributed by atoms with van der Waals surface area (Å²) in [6, 6.07) is 68.6. The SMILES string of the molecule is C[SiH2]c1cccc(-c2ccccc2[O][AlH])n1.Cc1cccc(-c2ccccc2O)n1.Cc1cccc(-c2ccccc2[O][GaH])n1.Cc1cccc(-c2ccccc2[O][InH])n1.Nc1cccc(-c2ccccc2[O][AlH])n1.[Sc]. The van der Waals surface area contributed by atoms with E-state index in [9.17, 15) is 5.11 Å². The monoisotopic (exact) mass is 1240 g/mol. The average molecular weight is 1240 g/mol. The van der Waals surface area contributed by atoms with Crippen molar-refractivity contribution in [2.75, 3.05) is 5.73 Å². The fourth-order valence-electron chi connectivity index (χ4n) is 7.41. The van der Waals surface area contributed by atoms with Crippen molar-refractivity contribution in [3.63, 3.8) is 0 Å². The fourth-order valence-corrected chi connectivity index (χ4v) is 9.86. The van der Waals surface area contributed by atoms with Crippen LogP contribution in [0.25, 0.3) is 56.3 Å². The molecule has 0 bridgehead atoms. The summed E-state index contributed by atoms with van der Waals surface area (Å²) in [6.45, 7) is 8.17. The van der Waals surface area contributed by atoms with Gasteiger partial charge in [-0.05, 0) is 79.7 Å². The van der Waals surface area contributed by atoms with Crippen LogP contribution in [-0.2, 0) is 25.8 Å². The molecule has 0 fully saturated rings. The number of aromatic hydroxyl groups is 1. The van der Waals surface area contributed by atoms with E-state index in [4.69, 9.17) is 19.7 Å². The number of para-hydroxylation sites is 5. The number of anilines is 1. The Bertz CT molecular complexity index is 3200. The van der Waals surface area contributed by atoms with Crippen molar-refractivity contribution < 1.29 is 44.9 Å². The van der Waals surface area contributed by atoms with Gasteiger partial charge in [0.1, 0.15) is 11.6 Å². The number of phenolic OH excluding ortho intramolecular Hbond substituents is 1. The van der Waals surface area contributed by atoms with Crippen molar-refractivity contribution >= 4 is 97.7 Å². The molecule has 10 aromatic rings. The number of aromatic nitrogens is 5. The zero-order valence-electron chi connectivity index (χ0n) is 43.2. The topological polar surface area (TPSA) is 148 Å². The number of nitrogen functional groups attached to an aromatic ring is 1. The van der Waals surface area contributed by atoms with Gasteiger partial charge in [-0.3, -0.25) is 9.97 Å². The molecular weight excluding hydrogens is 1180 g/mol. The van der Waals surface area contributed by atoms with E-state index in [0.717, 1.165) is 115 Å². The van der Waals surface area contributed by atoms with E-state index in [1.54, 1.807) is 18.2 Å². The number of aryl methyl sites for hydroxylation is 3. The molecule has 0 atom stereocenters. The molecule has 5 radical (unpaired) electrons. The number of hydrogen-bond acceptors (Lipinski definition) is 11. The van der Waals surface area contributed by atoms with Gasteiger partial charge in [0.2, 0.25) is 0 Å². The second-order valence-electron chi connectivity index (χ2n) is 16.4. The summed E-state index contributed by atoms with van der Waals surface area (Å²) in [5, 5.41) is 10.9. The summed E-state index contributed by atoms with van der Waals surface area (Å²) in [4.78, 5) is 22.2. The molecule has 0 amide bonds. The minimum absolute atomic E-state index is 0. The molecule has 0 aliphatic heterocycles. The maximum atomic E-state index is 9.61. The molecule has 11 nitrogen and oxygen atoms in total. The second kappa shape index (κ2) is 32.8. The van der Waals surface area contributed by atoms with Crippen LogP contribution >= 0.6 is 0 Å². The molecule has 0 aliphatic carbocycles. The summed E-state index contributed by atoms with van der Waals surface area (Å²) in [7, 11) is -0.204. The molecule has 0 aliphatic rings. The van der Waals surface area contributed by atoms with Crippen LogP contribution < -0.4 is 25.0 Å². The molecule has 0 unspecified atom stereocenters. The maximum Gasteiger partial charge on any atom is 0.494 e. The first kappa shape index (κ1) is 61.2. The fraction of sp³-hybridized carbons (Fsp3) is 0.0678. The first-order valence-electron chi connectivity index (χ1n) is 23.9. The molecule has 76 heavy (non-hydrogen) atoms. The Labute approximate surface area is 509 Å². The van der Waals surface area contributed by atoms with Crippen LogP contribution in [-0.4, -0.2) is 117 Å². The van der Waals surface area contributed by atoms with E-state index in [1.165, 1.54) is 38.6 Å². The molecule has 5 aromatic heterocycles. The van der Waals surface area contributed by atoms with Crippen LogP contribution in [0.15, 0.2) is 212 Å². The molecule has 0 saturated carbocycles. The Balaban J connectivity index is 0.000000175. The molecule has 17 heteroatoms. The van der Waals surface area contributed by atoms with Gasteiger partial charge in [-0.25, -0.2) is 4.98 Å². The molecule has 3 N–H and O–H groups in total. The van der Waals surface area contributed by atoms with Gasteiger partial charge in [0, 0.05) is 53.5 Å². The standard InChI is InChI=1S/C12H13NOSi.3C12H11NO.C11H10N2O.2Al.Ga.In.Sc.4H/c1-15-12-8-4-6-10(13-12)9-5-2-3-7-11(9)14;3*1-9-5-4-7-11(13-9)10-6-2-3-8-12(10)14;12-11-7-3-5-9(13-11)8-4-1-2-6-10(8)14;;;;;;;;;/h2-8,14H,15H2,1H3;3*2-8,14H,1H3;1-7,14H,(H2,12,13);;;;;;;;;/q;;;;;4*+1;;;;;/p-4. The first-order chi connectivity index (χ1) is 36.5. The predicted octanol–water partition coefficient (Wildman–Crippen LogP) is 9.57. The van der Waals surface area contributed by atoms with Crippen molar-refractivity contribution in [2.45, 2.75) is 27.3 Å². The quantitative estimate of drug-likeness (QED) is 0.126. The molecule has 371 valence electrons. The van der Waals surface area contributed by atoms with Crippen molar-refractivity contribution in [1.29, 1.82) is 0 Å². The van der Waals surface area contributed by atoms with Gasteiger partial charge in [-0.1, -0.05) is 61.1 Å². The number of nitrogens with two attached hydrogens (primary N) is 1. The largest absolute Gasteiger partial charge is 0.650 e. The van der Waals surface area contributed by atoms with E-state index in [0.29, 0.717) is 30.6 Å². The third-order valence-corrected chi connectivity index (χ3v) is 14.3. The minimum atomic E-state index is -0.204. The average Bonchev–Trinajstić information content (AvgIpc) is 3.46. The third kappa shape index (κ3) is 18.5. The number of hydrogen-bond donors (Lipinski definition) is 2. The zero-order chi connectivity index (χ0) is 53.4. The molecular formula is C59H56Al2GaInN6O5ScSi. The van der Waals surface area contributed by atoms with E-state index in [1.807, 2.05) is 203 Å².